The van der Waals surface area contributed by atoms with E-state index in [0.29, 0.717) is 0 Å². The van der Waals surface area contributed by atoms with E-state index in [9.17, 15) is 0 Å². The molecule has 0 bridgehead atoms. The molecule has 3 rings (SSSR count). The van der Waals surface area contributed by atoms with Gasteiger partial charge >= 0.3 is 0 Å². The van der Waals surface area contributed by atoms with Crippen LogP contribution in [0.2, 0.25) is 0 Å². The largest absolute Gasteiger partial charge is 0.254 e. The monoisotopic (exact) mass is 294 g/mol. The molecule has 22 heavy (non-hydrogen) atoms. The van der Waals surface area contributed by atoms with Crippen molar-refractivity contribution in [2.45, 2.75) is 53.4 Å². The molecule has 116 valence electrons. The van der Waals surface area contributed by atoms with Crippen LogP contribution in [-0.4, -0.2) is 9.97 Å². The molecule has 0 fully saturated rings. The molecule has 0 atom stereocenters. The van der Waals surface area contributed by atoms with E-state index in [1.165, 1.54) is 21.9 Å². The molecule has 0 aliphatic carbocycles. The number of pyridine rings is 2. The second kappa shape index (κ2) is 6.43. The molecule has 0 aliphatic rings. The van der Waals surface area contributed by atoms with E-state index in [2.05, 4.69) is 61.9 Å². The van der Waals surface area contributed by atoms with Gasteiger partial charge in [0.1, 0.15) is 0 Å². The molecule has 2 heterocycles. The summed E-state index contributed by atoms with van der Waals surface area (Å²) in [6.07, 6.45) is 4.95. The summed E-state index contributed by atoms with van der Waals surface area (Å²) in [6, 6.07) is 8.75. The molecule has 2 nitrogen and oxygen atoms in total. The lowest BCUT2D eigenvalue weighted by atomic mass is 9.87. The lowest BCUT2D eigenvalue weighted by Gasteiger charge is -2.19. The molecule has 3 aromatic rings. The highest BCUT2D eigenvalue weighted by atomic mass is 14.7. The Bertz CT molecular complexity index is 783. The predicted octanol–water partition coefficient (Wildman–Crippen LogP) is 5.67. The lowest BCUT2D eigenvalue weighted by molar-refractivity contribution is 0.589. The van der Waals surface area contributed by atoms with E-state index in [0.717, 1.165) is 17.5 Å². The van der Waals surface area contributed by atoms with Crippen LogP contribution < -0.4 is 0 Å². The Morgan fingerprint density at radius 2 is 1.41 bits per heavy atom. The van der Waals surface area contributed by atoms with Crippen LogP contribution in [0.3, 0.4) is 0 Å². The van der Waals surface area contributed by atoms with Gasteiger partial charge in [-0.05, 0) is 35.1 Å². The maximum atomic E-state index is 4.67. The van der Waals surface area contributed by atoms with Crippen LogP contribution in [0.1, 0.15) is 52.7 Å². The smallest absolute Gasteiger partial charge is 0.0964 e. The van der Waals surface area contributed by atoms with E-state index in [1.807, 2.05) is 26.2 Å². The Hall–Kier alpha value is -1.96. The Balaban J connectivity index is 0.000000847. The van der Waals surface area contributed by atoms with Crippen molar-refractivity contribution in [3.63, 3.8) is 0 Å². The molecule has 0 N–H and O–H groups in total. The molecule has 0 spiro atoms. The van der Waals surface area contributed by atoms with Crippen LogP contribution in [0.25, 0.3) is 21.8 Å². The van der Waals surface area contributed by atoms with E-state index in [-0.39, 0.29) is 5.41 Å². The number of nitrogens with zero attached hydrogens (tertiary/aromatic N) is 2. The summed E-state index contributed by atoms with van der Waals surface area (Å²) in [5.74, 6) is 0. The molecule has 0 saturated heterocycles. The molecule has 1 aromatic carbocycles. The Labute approximate surface area is 133 Å². The predicted molar refractivity (Wildman–Crippen MR) is 96.5 cm³/mol. The third kappa shape index (κ3) is 3.11. The van der Waals surface area contributed by atoms with Gasteiger partial charge in [-0.25, -0.2) is 0 Å². The van der Waals surface area contributed by atoms with Gasteiger partial charge in [0.15, 0.2) is 0 Å². The van der Waals surface area contributed by atoms with Gasteiger partial charge in [0, 0.05) is 23.2 Å². The molecule has 0 amide bonds. The topological polar surface area (TPSA) is 25.8 Å². The summed E-state index contributed by atoms with van der Waals surface area (Å²) in [5.41, 5.74) is 4.64. The molecule has 0 aliphatic heterocycles. The van der Waals surface area contributed by atoms with Gasteiger partial charge < -0.3 is 0 Å². The normalized spacial score (nSPS) is 11.4. The van der Waals surface area contributed by atoms with Crippen LogP contribution in [0, 0.1) is 0 Å². The average Bonchev–Trinajstić information content (AvgIpc) is 2.54. The van der Waals surface area contributed by atoms with Crippen LogP contribution in [0.5, 0.6) is 0 Å². The maximum absolute atomic E-state index is 4.67. The minimum Gasteiger partial charge on any atom is -0.254 e. The van der Waals surface area contributed by atoms with Crippen molar-refractivity contribution in [1.82, 2.24) is 9.97 Å². The van der Waals surface area contributed by atoms with Crippen LogP contribution in [-0.2, 0) is 11.8 Å². The van der Waals surface area contributed by atoms with E-state index in [1.54, 1.807) is 0 Å². The summed E-state index contributed by atoms with van der Waals surface area (Å²) in [4.78, 5) is 9.28. The van der Waals surface area contributed by atoms with Crippen molar-refractivity contribution < 1.29 is 0 Å². The first-order valence-corrected chi connectivity index (χ1v) is 8.17. The second-order valence-electron chi connectivity index (χ2n) is 6.38. The lowest BCUT2D eigenvalue weighted by Crippen LogP contribution is -2.11. The standard InChI is InChI=1S/C18H20N2.C2H6/c1-5-12-8-13-6-7-14-9-15(18(2,3)4)11-20-17(14)16(13)19-10-12;1-2/h6-11H,5H2,1-4H3;1-2H3. The van der Waals surface area contributed by atoms with Crippen LogP contribution >= 0.6 is 0 Å². The second-order valence-corrected chi connectivity index (χ2v) is 6.38. The Morgan fingerprint density at radius 1 is 0.864 bits per heavy atom. The van der Waals surface area contributed by atoms with Gasteiger partial charge in [0.05, 0.1) is 11.0 Å². The first-order chi connectivity index (χ1) is 10.5. The zero-order valence-electron chi connectivity index (χ0n) is 14.6. The number of benzene rings is 1. The number of fused-ring (bicyclic) bond motifs is 3. The highest BCUT2D eigenvalue weighted by Gasteiger charge is 2.15. The highest BCUT2D eigenvalue weighted by Crippen LogP contribution is 2.28. The number of aryl methyl sites for hydroxylation is 1. The van der Waals surface area contributed by atoms with E-state index in [4.69, 9.17) is 0 Å². The van der Waals surface area contributed by atoms with Crippen molar-refractivity contribution in [3.8, 4) is 0 Å². The van der Waals surface area contributed by atoms with Gasteiger partial charge in [0.2, 0.25) is 0 Å². The summed E-state index contributed by atoms with van der Waals surface area (Å²) in [6.45, 7) is 12.8. The summed E-state index contributed by atoms with van der Waals surface area (Å²) < 4.78 is 0. The van der Waals surface area contributed by atoms with Crippen molar-refractivity contribution in [2.75, 3.05) is 0 Å². The summed E-state index contributed by atoms with van der Waals surface area (Å²) in [7, 11) is 0. The minimum atomic E-state index is 0.121. The number of hydrogen-bond acceptors (Lipinski definition) is 2. The van der Waals surface area contributed by atoms with Crippen molar-refractivity contribution in [3.05, 3.63) is 47.8 Å². The molecule has 0 unspecified atom stereocenters. The highest BCUT2D eigenvalue weighted by molar-refractivity contribution is 6.02. The first kappa shape index (κ1) is 16.4. The number of hydrogen-bond donors (Lipinski definition) is 0. The molecule has 0 radical (unpaired) electrons. The van der Waals surface area contributed by atoms with Crippen molar-refractivity contribution in [2.24, 2.45) is 0 Å². The third-order valence-corrected chi connectivity index (χ3v) is 3.83. The van der Waals surface area contributed by atoms with Crippen LogP contribution in [0.4, 0.5) is 0 Å². The molecular formula is C20H26N2. The molecule has 2 aromatic heterocycles. The first-order valence-electron chi connectivity index (χ1n) is 8.17. The molecule has 2 heteroatoms. The van der Waals surface area contributed by atoms with Crippen molar-refractivity contribution >= 4 is 21.8 Å². The van der Waals surface area contributed by atoms with Crippen molar-refractivity contribution in [1.29, 1.82) is 0 Å². The third-order valence-electron chi connectivity index (χ3n) is 3.83. The van der Waals surface area contributed by atoms with Gasteiger partial charge in [0.25, 0.3) is 0 Å². The van der Waals surface area contributed by atoms with E-state index < -0.39 is 0 Å². The quantitative estimate of drug-likeness (QED) is 0.540. The molecular weight excluding hydrogens is 268 g/mol. The number of aromatic nitrogens is 2. The zero-order valence-corrected chi connectivity index (χ0v) is 14.6. The fraction of sp³-hybridized carbons (Fsp3) is 0.400. The summed E-state index contributed by atoms with van der Waals surface area (Å²) >= 11 is 0. The van der Waals surface area contributed by atoms with Gasteiger partial charge in [-0.3, -0.25) is 9.97 Å². The zero-order chi connectivity index (χ0) is 16.3. The Morgan fingerprint density at radius 3 is 1.95 bits per heavy atom. The maximum Gasteiger partial charge on any atom is 0.0964 e. The van der Waals surface area contributed by atoms with Gasteiger partial charge in [-0.1, -0.05) is 53.7 Å². The fourth-order valence-corrected chi connectivity index (χ4v) is 2.44. The fourth-order valence-electron chi connectivity index (χ4n) is 2.44. The average molecular weight is 294 g/mol. The Kier molecular flexibility index (Phi) is 4.80. The van der Waals surface area contributed by atoms with Gasteiger partial charge in [-0.2, -0.15) is 0 Å². The van der Waals surface area contributed by atoms with Crippen LogP contribution in [0.15, 0.2) is 36.7 Å². The SMILES string of the molecule is CC.CCc1cnc2c(ccc3cc(C(C)(C)C)cnc32)c1. The summed E-state index contributed by atoms with van der Waals surface area (Å²) in [5, 5.41) is 2.34. The number of rotatable bonds is 1. The minimum absolute atomic E-state index is 0.121. The van der Waals surface area contributed by atoms with Gasteiger partial charge in [-0.15, -0.1) is 0 Å². The van der Waals surface area contributed by atoms with E-state index >= 15 is 0 Å². The molecule has 0 saturated carbocycles.